The molecule has 6 heteroatoms. The molecule has 0 amide bonds. The maximum absolute atomic E-state index is 12.4. The van der Waals surface area contributed by atoms with E-state index in [0.29, 0.717) is 31.3 Å². The molecule has 1 atom stereocenters. The third kappa shape index (κ3) is 3.65. The maximum atomic E-state index is 12.4. The molecule has 2 aromatic rings. The second-order valence-electron chi connectivity index (χ2n) is 5.47. The van der Waals surface area contributed by atoms with E-state index >= 15 is 0 Å². The molecule has 0 aromatic heterocycles. The van der Waals surface area contributed by atoms with Crippen molar-refractivity contribution in [1.29, 1.82) is 0 Å². The minimum Gasteiger partial charge on any atom is -0.486 e. The molecule has 1 N–H and O–H groups in total. The zero-order valence-electron chi connectivity index (χ0n) is 12.9. The lowest BCUT2D eigenvalue weighted by molar-refractivity contribution is 0.171. The van der Waals surface area contributed by atoms with E-state index in [2.05, 4.69) is 4.72 Å². The number of nitrogens with one attached hydrogen (secondary N) is 1. The fourth-order valence-electron chi connectivity index (χ4n) is 2.41. The predicted molar refractivity (Wildman–Crippen MR) is 87.5 cm³/mol. The molecular formula is C17H19NO4S. The van der Waals surface area contributed by atoms with E-state index in [4.69, 9.17) is 9.47 Å². The Hall–Kier alpha value is -2.05. The quantitative estimate of drug-likeness (QED) is 0.913. The van der Waals surface area contributed by atoms with Crippen LogP contribution < -0.4 is 14.2 Å². The second kappa shape index (κ2) is 6.60. The topological polar surface area (TPSA) is 64.6 Å². The van der Waals surface area contributed by atoms with Gasteiger partial charge in [0, 0.05) is 12.6 Å². The zero-order valence-corrected chi connectivity index (χ0v) is 13.7. The van der Waals surface area contributed by atoms with Crippen molar-refractivity contribution >= 4 is 10.0 Å². The summed E-state index contributed by atoms with van der Waals surface area (Å²) in [5, 5.41) is 0. The van der Waals surface area contributed by atoms with Crippen LogP contribution in [0.3, 0.4) is 0 Å². The molecule has 0 radical (unpaired) electrons. The van der Waals surface area contributed by atoms with Crippen LogP contribution in [0.1, 0.15) is 18.4 Å². The highest BCUT2D eigenvalue weighted by molar-refractivity contribution is 7.89. The van der Waals surface area contributed by atoms with Crippen LogP contribution in [0.2, 0.25) is 0 Å². The molecule has 0 saturated carbocycles. The van der Waals surface area contributed by atoms with Gasteiger partial charge in [0.2, 0.25) is 10.0 Å². The van der Waals surface area contributed by atoms with Crippen LogP contribution in [0.5, 0.6) is 11.5 Å². The van der Waals surface area contributed by atoms with Gasteiger partial charge in [0.1, 0.15) is 13.2 Å². The van der Waals surface area contributed by atoms with E-state index in [-0.39, 0.29) is 10.8 Å². The summed E-state index contributed by atoms with van der Waals surface area (Å²) in [6.07, 6.45) is 0. The molecule has 1 heterocycles. The lowest BCUT2D eigenvalue weighted by Crippen LogP contribution is -2.28. The average Bonchev–Trinajstić information content (AvgIpc) is 2.60. The van der Waals surface area contributed by atoms with Gasteiger partial charge in [-0.1, -0.05) is 37.3 Å². The summed E-state index contributed by atoms with van der Waals surface area (Å²) in [5.74, 6) is 1.13. The van der Waals surface area contributed by atoms with Gasteiger partial charge in [-0.15, -0.1) is 0 Å². The fraction of sp³-hybridized carbons (Fsp3) is 0.294. The van der Waals surface area contributed by atoms with E-state index in [1.807, 2.05) is 37.3 Å². The van der Waals surface area contributed by atoms with Crippen LogP contribution in [0, 0.1) is 0 Å². The molecule has 3 rings (SSSR count). The number of hydrogen-bond donors (Lipinski definition) is 1. The predicted octanol–water partition coefficient (Wildman–Crippen LogP) is 2.54. The Morgan fingerprint density at radius 3 is 2.48 bits per heavy atom. The molecular weight excluding hydrogens is 314 g/mol. The van der Waals surface area contributed by atoms with Crippen molar-refractivity contribution in [3.63, 3.8) is 0 Å². The number of ether oxygens (including phenoxy) is 2. The van der Waals surface area contributed by atoms with Gasteiger partial charge in [0.25, 0.3) is 0 Å². The number of hydrogen-bond acceptors (Lipinski definition) is 4. The van der Waals surface area contributed by atoms with Crippen LogP contribution in [-0.4, -0.2) is 28.2 Å². The van der Waals surface area contributed by atoms with Crippen molar-refractivity contribution in [2.75, 3.05) is 19.8 Å². The van der Waals surface area contributed by atoms with Crippen molar-refractivity contribution in [2.45, 2.75) is 17.7 Å². The van der Waals surface area contributed by atoms with Crippen LogP contribution in [0.15, 0.2) is 53.4 Å². The Morgan fingerprint density at radius 2 is 1.74 bits per heavy atom. The van der Waals surface area contributed by atoms with Crippen LogP contribution in [0.25, 0.3) is 0 Å². The summed E-state index contributed by atoms with van der Waals surface area (Å²) in [4.78, 5) is 0.182. The molecule has 122 valence electrons. The Morgan fingerprint density at radius 1 is 1.04 bits per heavy atom. The Balaban J connectivity index is 1.72. The van der Waals surface area contributed by atoms with Crippen LogP contribution in [-0.2, 0) is 10.0 Å². The van der Waals surface area contributed by atoms with Gasteiger partial charge in [-0.05, 0) is 23.6 Å². The van der Waals surface area contributed by atoms with E-state index in [0.717, 1.165) is 5.56 Å². The molecule has 23 heavy (non-hydrogen) atoms. The smallest absolute Gasteiger partial charge is 0.240 e. The molecule has 2 aromatic carbocycles. The molecule has 5 nitrogen and oxygen atoms in total. The Bertz CT molecular complexity index is 774. The van der Waals surface area contributed by atoms with Gasteiger partial charge in [-0.3, -0.25) is 0 Å². The first-order valence-electron chi connectivity index (χ1n) is 7.50. The van der Waals surface area contributed by atoms with Crippen LogP contribution >= 0.6 is 0 Å². The van der Waals surface area contributed by atoms with E-state index in [1.54, 1.807) is 6.07 Å². The standard InChI is InChI=1S/C17H19NO4S/c1-13(14-5-3-2-4-6-14)12-18-23(19,20)15-7-8-16-17(11-15)22-10-9-21-16/h2-8,11,13,18H,9-10,12H2,1H3/t13-/m1/s1. The van der Waals surface area contributed by atoms with Gasteiger partial charge in [-0.25, -0.2) is 13.1 Å². The molecule has 0 saturated heterocycles. The van der Waals surface area contributed by atoms with Crippen molar-refractivity contribution < 1.29 is 17.9 Å². The van der Waals surface area contributed by atoms with Crippen molar-refractivity contribution in [2.24, 2.45) is 0 Å². The highest BCUT2D eigenvalue weighted by atomic mass is 32.2. The maximum Gasteiger partial charge on any atom is 0.240 e. The minimum absolute atomic E-state index is 0.0863. The van der Waals surface area contributed by atoms with E-state index in [9.17, 15) is 8.42 Å². The Labute approximate surface area is 136 Å². The van der Waals surface area contributed by atoms with Crippen molar-refractivity contribution in [1.82, 2.24) is 4.72 Å². The highest BCUT2D eigenvalue weighted by Crippen LogP contribution is 2.32. The van der Waals surface area contributed by atoms with Gasteiger partial charge in [-0.2, -0.15) is 0 Å². The lowest BCUT2D eigenvalue weighted by atomic mass is 10.0. The number of benzene rings is 2. The zero-order chi connectivity index (χ0) is 16.3. The van der Waals surface area contributed by atoms with Gasteiger partial charge >= 0.3 is 0 Å². The summed E-state index contributed by atoms with van der Waals surface area (Å²) in [6, 6.07) is 14.5. The van der Waals surface area contributed by atoms with Crippen LogP contribution in [0.4, 0.5) is 0 Å². The SMILES string of the molecule is C[C@H](CNS(=O)(=O)c1ccc2c(c1)OCCO2)c1ccccc1. The first-order chi connectivity index (χ1) is 11.1. The second-order valence-corrected chi connectivity index (χ2v) is 7.24. The summed E-state index contributed by atoms with van der Waals surface area (Å²) in [7, 11) is -3.58. The van der Waals surface area contributed by atoms with Gasteiger partial charge in [0.05, 0.1) is 4.90 Å². The summed E-state index contributed by atoms with van der Waals surface area (Å²) in [6.45, 7) is 3.23. The largest absolute Gasteiger partial charge is 0.486 e. The minimum atomic E-state index is -3.58. The lowest BCUT2D eigenvalue weighted by Gasteiger charge is -2.19. The molecule has 0 bridgehead atoms. The third-order valence-corrected chi connectivity index (χ3v) is 5.19. The third-order valence-electron chi connectivity index (χ3n) is 3.77. The first kappa shape index (κ1) is 15.8. The van der Waals surface area contributed by atoms with E-state index in [1.165, 1.54) is 12.1 Å². The highest BCUT2D eigenvalue weighted by Gasteiger charge is 2.20. The van der Waals surface area contributed by atoms with Gasteiger partial charge in [0.15, 0.2) is 11.5 Å². The molecule has 0 fully saturated rings. The molecule has 1 aliphatic heterocycles. The summed E-state index contributed by atoms with van der Waals surface area (Å²) in [5.41, 5.74) is 1.09. The fourth-order valence-corrected chi connectivity index (χ4v) is 3.55. The number of rotatable bonds is 5. The average molecular weight is 333 g/mol. The number of sulfonamides is 1. The molecule has 1 aliphatic rings. The normalized spacial score (nSPS) is 15.2. The first-order valence-corrected chi connectivity index (χ1v) is 8.99. The molecule has 0 unspecified atom stereocenters. The molecule has 0 spiro atoms. The van der Waals surface area contributed by atoms with Crippen molar-refractivity contribution in [3.05, 3.63) is 54.1 Å². The number of fused-ring (bicyclic) bond motifs is 1. The summed E-state index contributed by atoms with van der Waals surface area (Å²) < 4.78 is 38.4. The van der Waals surface area contributed by atoms with Gasteiger partial charge < -0.3 is 9.47 Å². The van der Waals surface area contributed by atoms with E-state index < -0.39 is 10.0 Å². The monoisotopic (exact) mass is 333 g/mol. The Kier molecular flexibility index (Phi) is 4.54. The van der Waals surface area contributed by atoms with Crippen molar-refractivity contribution in [3.8, 4) is 11.5 Å². The molecule has 0 aliphatic carbocycles. The summed E-state index contributed by atoms with van der Waals surface area (Å²) >= 11 is 0.